The normalized spacial score (nSPS) is 20.0. The quantitative estimate of drug-likeness (QED) is 0.0867. The second-order valence-electron chi connectivity index (χ2n) is 18.6. The molecular formula is C51H58N8O6. The molecule has 14 heteroatoms. The number of hydrogen-bond acceptors (Lipinski definition) is 9. The average Bonchev–Trinajstić information content (AvgIpc) is 4.15. The van der Waals surface area contributed by atoms with Crippen LogP contribution in [0.2, 0.25) is 0 Å². The van der Waals surface area contributed by atoms with Gasteiger partial charge in [-0.2, -0.15) is 0 Å². The van der Waals surface area contributed by atoms with E-state index in [-0.39, 0.29) is 36.0 Å². The molecule has 0 saturated carbocycles. The van der Waals surface area contributed by atoms with Gasteiger partial charge >= 0.3 is 6.09 Å². The van der Waals surface area contributed by atoms with E-state index in [1.165, 1.54) is 26.5 Å². The fourth-order valence-corrected chi connectivity index (χ4v) is 9.86. The highest BCUT2D eigenvalue weighted by Crippen LogP contribution is 2.39. The molecule has 65 heavy (non-hydrogen) atoms. The van der Waals surface area contributed by atoms with Crippen LogP contribution in [-0.4, -0.2) is 92.7 Å². The van der Waals surface area contributed by atoms with Crippen molar-refractivity contribution in [3.05, 3.63) is 119 Å². The standard InChI is InChI=1S/C51H58N8O6/c1-29(2)42(57-50(63)65-5)47(60)59-24-10-14-41(59)46-53-38-22-20-35-26-34(19-21-37(35)44(38)55-46)31-15-16-33-27-36(18-17-32(33)25-31)39-28-52-45(54-39)40-13-9-23-58(40)48(61)43(30-11-7-6-8-12-30)56-49(62)51(3,4)64/h6-8,11-12,15-19,21,25-29,40-43,45,52,54,64H,9-10,13-14,20,22-24H2,1-5H3,(H,53,55)(H,56,62)(H,57,63)/t40-,41-,42-,43+,45?/m0/s1. The van der Waals surface area contributed by atoms with Gasteiger partial charge < -0.3 is 45.9 Å². The van der Waals surface area contributed by atoms with Crippen LogP contribution in [-0.2, 0) is 32.0 Å². The van der Waals surface area contributed by atoms with Gasteiger partial charge in [-0.15, -0.1) is 0 Å². The minimum atomic E-state index is -1.64. The highest BCUT2D eigenvalue weighted by molar-refractivity contribution is 5.93. The van der Waals surface area contributed by atoms with E-state index < -0.39 is 29.7 Å². The molecule has 338 valence electrons. The monoisotopic (exact) mass is 878 g/mol. The lowest BCUT2D eigenvalue weighted by Gasteiger charge is -2.34. The molecule has 4 heterocycles. The molecular weight excluding hydrogens is 821 g/mol. The van der Waals surface area contributed by atoms with E-state index in [2.05, 4.69) is 80.8 Å². The van der Waals surface area contributed by atoms with E-state index in [1.54, 1.807) is 0 Å². The number of ether oxygens (including phenoxy) is 1. The molecule has 4 amide bonds. The molecule has 2 fully saturated rings. The summed E-state index contributed by atoms with van der Waals surface area (Å²) in [6.45, 7) is 7.84. The Morgan fingerprint density at radius 2 is 1.52 bits per heavy atom. The molecule has 1 aliphatic carbocycles. The lowest BCUT2D eigenvalue weighted by Crippen LogP contribution is -2.55. The summed E-state index contributed by atoms with van der Waals surface area (Å²) in [5.74, 6) is -0.246. The van der Waals surface area contributed by atoms with Crippen molar-refractivity contribution in [1.82, 2.24) is 41.0 Å². The number of fused-ring (bicyclic) bond motifs is 4. The predicted octanol–water partition coefficient (Wildman–Crippen LogP) is 6.48. The number of carbonyl (C=O) groups excluding carboxylic acids is 4. The average molecular weight is 879 g/mol. The summed E-state index contributed by atoms with van der Waals surface area (Å²) in [6, 6.07) is 26.8. The largest absolute Gasteiger partial charge is 0.453 e. The number of aliphatic hydroxyl groups is 1. The molecule has 0 bridgehead atoms. The minimum Gasteiger partial charge on any atom is -0.453 e. The van der Waals surface area contributed by atoms with E-state index in [4.69, 9.17) is 9.72 Å². The molecule has 2 saturated heterocycles. The number of aryl methyl sites for hydroxylation is 2. The van der Waals surface area contributed by atoms with Crippen molar-refractivity contribution >= 4 is 40.3 Å². The Kier molecular flexibility index (Phi) is 11.9. The zero-order valence-corrected chi connectivity index (χ0v) is 37.6. The van der Waals surface area contributed by atoms with Crippen molar-refractivity contribution in [2.45, 2.75) is 102 Å². The second-order valence-corrected chi connectivity index (χ2v) is 18.6. The summed E-state index contributed by atoms with van der Waals surface area (Å²) in [5, 5.41) is 25.3. The molecule has 9 rings (SSSR count). The maximum Gasteiger partial charge on any atom is 0.407 e. The smallest absolute Gasteiger partial charge is 0.407 e. The minimum absolute atomic E-state index is 0.104. The van der Waals surface area contributed by atoms with Gasteiger partial charge in [0.2, 0.25) is 11.8 Å². The van der Waals surface area contributed by atoms with Gasteiger partial charge in [-0.1, -0.05) is 86.6 Å². The summed E-state index contributed by atoms with van der Waals surface area (Å²) < 4.78 is 4.81. The number of hydrogen-bond donors (Lipinski definition) is 6. The van der Waals surface area contributed by atoms with Gasteiger partial charge in [-0.05, 0) is 109 Å². The molecule has 14 nitrogen and oxygen atoms in total. The zero-order valence-electron chi connectivity index (χ0n) is 37.6. The first-order chi connectivity index (χ1) is 31.3. The lowest BCUT2D eigenvalue weighted by atomic mass is 9.89. The van der Waals surface area contributed by atoms with E-state index in [9.17, 15) is 24.3 Å². The van der Waals surface area contributed by atoms with Crippen LogP contribution in [0.25, 0.3) is 38.9 Å². The topological polar surface area (TPSA) is 181 Å². The number of amides is 4. The Labute approximate surface area is 379 Å². The third kappa shape index (κ3) is 8.66. The number of rotatable bonds is 11. The van der Waals surface area contributed by atoms with Gasteiger partial charge in [-0.25, -0.2) is 9.78 Å². The van der Waals surface area contributed by atoms with Gasteiger partial charge in [0.15, 0.2) is 0 Å². The first-order valence-electron chi connectivity index (χ1n) is 22.8. The number of carbonyl (C=O) groups is 4. The first-order valence-corrected chi connectivity index (χ1v) is 22.8. The summed E-state index contributed by atoms with van der Waals surface area (Å²) in [6.07, 6.45) is 6.13. The van der Waals surface area contributed by atoms with Gasteiger partial charge in [0, 0.05) is 30.5 Å². The number of methoxy groups -OCH3 is 1. The molecule has 3 aliphatic heterocycles. The summed E-state index contributed by atoms with van der Waals surface area (Å²) in [7, 11) is 1.30. The zero-order chi connectivity index (χ0) is 45.6. The van der Waals surface area contributed by atoms with Crippen LogP contribution in [0.3, 0.4) is 0 Å². The lowest BCUT2D eigenvalue weighted by molar-refractivity contribution is -0.143. The summed E-state index contributed by atoms with van der Waals surface area (Å²) in [4.78, 5) is 65.3. The number of benzene rings is 4. The maximum absolute atomic E-state index is 14.2. The van der Waals surface area contributed by atoms with Crippen molar-refractivity contribution in [2.75, 3.05) is 20.2 Å². The molecule has 5 aromatic rings. The third-order valence-corrected chi connectivity index (χ3v) is 13.4. The van der Waals surface area contributed by atoms with Gasteiger partial charge in [0.25, 0.3) is 5.91 Å². The SMILES string of the molecule is COC(=O)N[C@H](C(=O)N1CCC[C@H]1c1nc2c([nH]1)CCc1cc(-c3ccc4cc(C5=CNC([C@@H]6CCCN6C(=O)[C@H](NC(=O)C(C)(C)O)c6ccccc6)N5)ccc4c3)ccc1-2)C(C)C. The molecule has 1 unspecified atom stereocenters. The first kappa shape index (κ1) is 43.6. The van der Waals surface area contributed by atoms with E-state index in [0.717, 1.165) is 94.5 Å². The molecule has 1 aromatic heterocycles. The summed E-state index contributed by atoms with van der Waals surface area (Å²) in [5.41, 5.74) is 7.63. The maximum atomic E-state index is 14.2. The molecule has 4 aliphatic rings. The highest BCUT2D eigenvalue weighted by atomic mass is 16.5. The van der Waals surface area contributed by atoms with Crippen LogP contribution in [0.5, 0.6) is 0 Å². The van der Waals surface area contributed by atoms with E-state index in [1.807, 2.05) is 60.2 Å². The van der Waals surface area contributed by atoms with Gasteiger partial charge in [-0.3, -0.25) is 14.4 Å². The number of nitrogens with zero attached hydrogens (tertiary/aromatic N) is 3. The number of aromatic amines is 1. The number of nitrogens with one attached hydrogen (secondary N) is 5. The Morgan fingerprint density at radius 1 is 0.831 bits per heavy atom. The van der Waals surface area contributed by atoms with Crippen molar-refractivity contribution in [3.8, 4) is 22.4 Å². The predicted molar refractivity (Wildman–Crippen MR) is 249 cm³/mol. The van der Waals surface area contributed by atoms with Crippen LogP contribution in [0.15, 0.2) is 91.1 Å². The Bertz CT molecular complexity index is 2670. The van der Waals surface area contributed by atoms with Gasteiger partial charge in [0.05, 0.1) is 30.6 Å². The van der Waals surface area contributed by atoms with Crippen LogP contribution in [0.4, 0.5) is 4.79 Å². The second kappa shape index (κ2) is 17.7. The Balaban J connectivity index is 0.877. The van der Waals surface area contributed by atoms with E-state index in [0.29, 0.717) is 18.7 Å². The molecule has 0 radical (unpaired) electrons. The fraction of sp³-hybridized carbons (Fsp3) is 0.392. The van der Waals surface area contributed by atoms with Crippen LogP contribution >= 0.6 is 0 Å². The number of aromatic nitrogens is 2. The molecule has 5 atom stereocenters. The van der Waals surface area contributed by atoms with Crippen molar-refractivity contribution in [1.29, 1.82) is 0 Å². The van der Waals surface area contributed by atoms with Crippen molar-refractivity contribution in [3.63, 3.8) is 0 Å². The van der Waals surface area contributed by atoms with Crippen molar-refractivity contribution < 1.29 is 29.0 Å². The third-order valence-electron chi connectivity index (χ3n) is 13.4. The summed E-state index contributed by atoms with van der Waals surface area (Å²) >= 11 is 0. The number of alkyl carbamates (subject to hydrolysis) is 1. The molecule has 0 spiro atoms. The Morgan fingerprint density at radius 3 is 2.26 bits per heavy atom. The van der Waals surface area contributed by atoms with Crippen molar-refractivity contribution in [2.24, 2.45) is 5.92 Å². The van der Waals surface area contributed by atoms with Crippen LogP contribution < -0.4 is 21.3 Å². The van der Waals surface area contributed by atoms with Gasteiger partial charge in [0.1, 0.15) is 29.7 Å². The van der Waals surface area contributed by atoms with E-state index >= 15 is 0 Å². The molecule has 6 N–H and O–H groups in total. The number of likely N-dealkylation sites (tertiary alicyclic amines) is 2. The van der Waals surface area contributed by atoms with Crippen LogP contribution in [0.1, 0.15) is 93.7 Å². The van der Waals surface area contributed by atoms with Crippen LogP contribution in [0, 0.1) is 5.92 Å². The highest BCUT2D eigenvalue weighted by Gasteiger charge is 2.42. The molecule has 4 aromatic carbocycles. The number of imidazole rings is 1. The fourth-order valence-electron chi connectivity index (χ4n) is 9.86. The Hall–Kier alpha value is -6.67. The number of H-pyrrole nitrogens is 1.